The number of nitriles is 1. The third kappa shape index (κ3) is 4.23. The lowest BCUT2D eigenvalue weighted by atomic mass is 9.99. The van der Waals surface area contributed by atoms with E-state index in [1.807, 2.05) is 6.92 Å². The van der Waals surface area contributed by atoms with Crippen LogP contribution in [0.3, 0.4) is 0 Å². The van der Waals surface area contributed by atoms with E-state index in [2.05, 4.69) is 11.4 Å². The van der Waals surface area contributed by atoms with E-state index in [0.29, 0.717) is 19.8 Å². The van der Waals surface area contributed by atoms with Gasteiger partial charge in [0.2, 0.25) is 0 Å². The minimum Gasteiger partial charge on any atom is -0.383 e. The van der Waals surface area contributed by atoms with Crippen LogP contribution in [-0.2, 0) is 9.47 Å². The molecule has 0 aromatic heterocycles. The summed E-state index contributed by atoms with van der Waals surface area (Å²) >= 11 is 0. The van der Waals surface area contributed by atoms with Gasteiger partial charge in [0.25, 0.3) is 0 Å². The van der Waals surface area contributed by atoms with Gasteiger partial charge in [-0.15, -0.1) is 0 Å². The Morgan fingerprint density at radius 2 is 2.08 bits per heavy atom. The molecule has 76 valence electrons. The van der Waals surface area contributed by atoms with Gasteiger partial charge in [0.05, 0.1) is 19.3 Å². The standard InChI is InChI=1S/C9H18N2O2/c1-4-9(7-10,8-13-3)11-5-6-12-2/h11H,4-6,8H2,1-3H3. The third-order valence-electron chi connectivity index (χ3n) is 1.98. The van der Waals surface area contributed by atoms with Gasteiger partial charge >= 0.3 is 0 Å². The van der Waals surface area contributed by atoms with Crippen LogP contribution in [0.15, 0.2) is 0 Å². The molecule has 4 heteroatoms. The molecule has 0 heterocycles. The van der Waals surface area contributed by atoms with Gasteiger partial charge < -0.3 is 9.47 Å². The van der Waals surface area contributed by atoms with Gasteiger partial charge in [-0.3, -0.25) is 5.32 Å². The average molecular weight is 186 g/mol. The van der Waals surface area contributed by atoms with Gasteiger partial charge in [-0.1, -0.05) is 6.92 Å². The number of nitrogens with zero attached hydrogens (tertiary/aromatic N) is 1. The maximum atomic E-state index is 8.97. The molecule has 0 rings (SSSR count). The number of methoxy groups -OCH3 is 2. The molecule has 0 aliphatic heterocycles. The second-order valence-corrected chi connectivity index (χ2v) is 2.90. The summed E-state index contributed by atoms with van der Waals surface area (Å²) in [6, 6.07) is 2.23. The van der Waals surface area contributed by atoms with Gasteiger partial charge in [-0.25, -0.2) is 0 Å². The van der Waals surface area contributed by atoms with Crippen molar-refractivity contribution in [3.63, 3.8) is 0 Å². The van der Waals surface area contributed by atoms with E-state index in [0.717, 1.165) is 6.42 Å². The van der Waals surface area contributed by atoms with Crippen LogP contribution in [-0.4, -0.2) is 39.5 Å². The predicted molar refractivity (Wildman–Crippen MR) is 50.4 cm³/mol. The molecule has 1 N–H and O–H groups in total. The molecule has 0 aromatic carbocycles. The van der Waals surface area contributed by atoms with Gasteiger partial charge in [0.1, 0.15) is 5.54 Å². The summed E-state index contributed by atoms with van der Waals surface area (Å²) in [5, 5.41) is 12.1. The van der Waals surface area contributed by atoms with Gasteiger partial charge in [0, 0.05) is 20.8 Å². The summed E-state index contributed by atoms with van der Waals surface area (Å²) in [6.07, 6.45) is 0.723. The zero-order chi connectivity index (χ0) is 10.2. The van der Waals surface area contributed by atoms with Crippen LogP contribution in [0, 0.1) is 11.3 Å². The van der Waals surface area contributed by atoms with E-state index in [1.54, 1.807) is 14.2 Å². The first kappa shape index (κ1) is 12.4. The predicted octanol–water partition coefficient (Wildman–Crippen LogP) is 0.541. The van der Waals surface area contributed by atoms with Crippen molar-refractivity contribution < 1.29 is 9.47 Å². The first-order valence-electron chi connectivity index (χ1n) is 4.39. The van der Waals surface area contributed by atoms with Crippen LogP contribution >= 0.6 is 0 Å². The van der Waals surface area contributed by atoms with Crippen molar-refractivity contribution in [2.75, 3.05) is 34.0 Å². The molecule has 1 atom stereocenters. The lowest BCUT2D eigenvalue weighted by molar-refractivity contribution is 0.124. The van der Waals surface area contributed by atoms with E-state index in [1.165, 1.54) is 0 Å². The first-order chi connectivity index (χ1) is 6.24. The molecular weight excluding hydrogens is 168 g/mol. The normalized spacial score (nSPS) is 14.9. The molecule has 0 spiro atoms. The number of ether oxygens (including phenoxy) is 2. The second-order valence-electron chi connectivity index (χ2n) is 2.90. The molecule has 4 nitrogen and oxygen atoms in total. The van der Waals surface area contributed by atoms with Crippen LogP contribution in [0.25, 0.3) is 0 Å². The molecule has 0 bridgehead atoms. The number of hydrogen-bond donors (Lipinski definition) is 1. The Balaban J connectivity index is 3.99. The summed E-state index contributed by atoms with van der Waals surface area (Å²) in [4.78, 5) is 0. The summed E-state index contributed by atoms with van der Waals surface area (Å²) in [7, 11) is 3.23. The largest absolute Gasteiger partial charge is 0.383 e. The molecule has 1 unspecified atom stereocenters. The molecule has 0 aliphatic rings. The first-order valence-corrected chi connectivity index (χ1v) is 4.39. The van der Waals surface area contributed by atoms with Crippen molar-refractivity contribution in [2.24, 2.45) is 0 Å². The SMILES string of the molecule is CCC(C#N)(COC)NCCOC. The lowest BCUT2D eigenvalue weighted by Crippen LogP contribution is -2.48. The van der Waals surface area contributed by atoms with E-state index < -0.39 is 5.54 Å². The Kier molecular flexibility index (Phi) is 6.51. The molecular formula is C9H18N2O2. The Labute approximate surface area is 79.8 Å². The Morgan fingerprint density at radius 1 is 1.38 bits per heavy atom. The van der Waals surface area contributed by atoms with Crippen molar-refractivity contribution >= 4 is 0 Å². The highest BCUT2D eigenvalue weighted by Crippen LogP contribution is 2.08. The molecule has 0 aliphatic carbocycles. The smallest absolute Gasteiger partial charge is 0.130 e. The van der Waals surface area contributed by atoms with Crippen molar-refractivity contribution in [3.05, 3.63) is 0 Å². The maximum Gasteiger partial charge on any atom is 0.130 e. The quantitative estimate of drug-likeness (QED) is 0.590. The lowest BCUT2D eigenvalue weighted by Gasteiger charge is -2.25. The molecule has 0 radical (unpaired) electrons. The topological polar surface area (TPSA) is 54.3 Å². The van der Waals surface area contributed by atoms with E-state index in [-0.39, 0.29) is 0 Å². The van der Waals surface area contributed by atoms with Gasteiger partial charge in [0.15, 0.2) is 0 Å². The third-order valence-corrected chi connectivity index (χ3v) is 1.98. The Morgan fingerprint density at radius 3 is 2.46 bits per heavy atom. The fourth-order valence-electron chi connectivity index (χ4n) is 1.07. The van der Waals surface area contributed by atoms with Gasteiger partial charge in [-0.2, -0.15) is 5.26 Å². The number of rotatable bonds is 7. The monoisotopic (exact) mass is 186 g/mol. The molecule has 13 heavy (non-hydrogen) atoms. The number of hydrogen-bond acceptors (Lipinski definition) is 4. The molecule has 0 aromatic rings. The number of nitrogens with one attached hydrogen (secondary N) is 1. The summed E-state index contributed by atoms with van der Waals surface area (Å²) < 4.78 is 9.89. The minimum atomic E-state index is -0.562. The van der Waals surface area contributed by atoms with Crippen LogP contribution in [0.5, 0.6) is 0 Å². The molecule has 0 saturated carbocycles. The summed E-state index contributed by atoms with van der Waals surface area (Å²) in [6.45, 7) is 3.64. The van der Waals surface area contributed by atoms with Crippen molar-refractivity contribution in [1.29, 1.82) is 5.26 Å². The van der Waals surface area contributed by atoms with Crippen LogP contribution in [0.2, 0.25) is 0 Å². The van der Waals surface area contributed by atoms with Crippen molar-refractivity contribution in [2.45, 2.75) is 18.9 Å². The zero-order valence-corrected chi connectivity index (χ0v) is 8.59. The average Bonchev–Trinajstić information content (AvgIpc) is 2.17. The van der Waals surface area contributed by atoms with E-state index >= 15 is 0 Å². The highest BCUT2D eigenvalue weighted by molar-refractivity contribution is 5.06. The Hall–Kier alpha value is -0.630. The zero-order valence-electron chi connectivity index (χ0n) is 8.59. The van der Waals surface area contributed by atoms with Crippen LogP contribution in [0.4, 0.5) is 0 Å². The molecule has 0 fully saturated rings. The Bertz CT molecular complexity index is 167. The minimum absolute atomic E-state index is 0.406. The second kappa shape index (κ2) is 6.84. The highest BCUT2D eigenvalue weighted by atomic mass is 16.5. The van der Waals surface area contributed by atoms with Crippen LogP contribution in [0.1, 0.15) is 13.3 Å². The fourth-order valence-corrected chi connectivity index (χ4v) is 1.07. The maximum absolute atomic E-state index is 8.97. The molecule has 0 saturated heterocycles. The van der Waals surface area contributed by atoms with E-state index in [4.69, 9.17) is 14.7 Å². The summed E-state index contributed by atoms with van der Waals surface area (Å²) in [5.41, 5.74) is -0.562. The summed E-state index contributed by atoms with van der Waals surface area (Å²) in [5.74, 6) is 0. The highest BCUT2D eigenvalue weighted by Gasteiger charge is 2.26. The van der Waals surface area contributed by atoms with E-state index in [9.17, 15) is 0 Å². The van der Waals surface area contributed by atoms with Crippen molar-refractivity contribution in [1.82, 2.24) is 5.32 Å². The molecule has 0 amide bonds. The van der Waals surface area contributed by atoms with Gasteiger partial charge in [-0.05, 0) is 6.42 Å². The fraction of sp³-hybridized carbons (Fsp3) is 0.889. The van der Waals surface area contributed by atoms with Crippen LogP contribution < -0.4 is 5.32 Å². The van der Waals surface area contributed by atoms with Crippen molar-refractivity contribution in [3.8, 4) is 6.07 Å².